The maximum Gasteiger partial charge on any atom is 0.306 e. The lowest BCUT2D eigenvalue weighted by atomic mass is 10.0. The van der Waals surface area contributed by atoms with E-state index < -0.39 is 6.10 Å². The number of hydrogen-bond donors (Lipinski definition) is 0. The zero-order valence-electron chi connectivity index (χ0n) is 52.6. The summed E-state index contributed by atoms with van der Waals surface area (Å²) in [6.07, 6.45) is 87.8. The van der Waals surface area contributed by atoms with Gasteiger partial charge in [-0.25, -0.2) is 0 Å². The van der Waals surface area contributed by atoms with Gasteiger partial charge in [0.2, 0.25) is 0 Å². The normalized spacial score (nSPS) is 12.5. The van der Waals surface area contributed by atoms with Crippen LogP contribution in [-0.4, -0.2) is 37.2 Å². The fourth-order valence-electron chi connectivity index (χ4n) is 10.1. The third-order valence-corrected chi connectivity index (χ3v) is 15.2. The Labute approximate surface area is 491 Å². The van der Waals surface area contributed by atoms with E-state index in [0.29, 0.717) is 19.3 Å². The van der Waals surface area contributed by atoms with Crippen molar-refractivity contribution in [1.29, 1.82) is 0 Å². The fraction of sp³-hybridized carbons (Fsp3) is 0.795. The molecule has 1 atom stereocenters. The largest absolute Gasteiger partial charge is 0.462 e. The van der Waals surface area contributed by atoms with E-state index in [1.807, 2.05) is 0 Å². The molecule has 6 nitrogen and oxygen atoms in total. The number of unbranched alkanes of at least 4 members (excludes halogenated alkanes) is 40. The summed E-state index contributed by atoms with van der Waals surface area (Å²) in [6, 6.07) is 0. The number of carbonyl (C=O) groups excluding carboxylic acids is 3. The van der Waals surface area contributed by atoms with Crippen LogP contribution in [0.25, 0.3) is 0 Å². The first-order valence-electron chi connectivity index (χ1n) is 34.4. The van der Waals surface area contributed by atoms with E-state index in [0.717, 1.165) is 96.3 Å². The van der Waals surface area contributed by atoms with Crippen LogP contribution < -0.4 is 0 Å². The highest BCUT2D eigenvalue weighted by atomic mass is 16.6. The summed E-state index contributed by atoms with van der Waals surface area (Å²) < 4.78 is 17.0. The number of hydrogen-bond acceptors (Lipinski definition) is 6. The molecule has 0 aliphatic carbocycles. The highest BCUT2D eigenvalue weighted by molar-refractivity contribution is 5.71. The summed E-state index contributed by atoms with van der Waals surface area (Å²) in [5.41, 5.74) is 0. The lowest BCUT2D eigenvalue weighted by Crippen LogP contribution is -2.30. The summed E-state index contributed by atoms with van der Waals surface area (Å²) in [5.74, 6) is -0.854. The molecule has 1 unspecified atom stereocenters. The van der Waals surface area contributed by atoms with Gasteiger partial charge in [0.05, 0.1) is 0 Å². The lowest BCUT2D eigenvalue weighted by Gasteiger charge is -2.18. The number of carbonyl (C=O) groups is 3. The van der Waals surface area contributed by atoms with Crippen LogP contribution in [0.2, 0.25) is 0 Å². The Bertz CT molecular complexity index is 1450. The molecular weight excluding hydrogens is 973 g/mol. The summed E-state index contributed by atoms with van der Waals surface area (Å²) in [6.45, 7) is 6.57. The van der Waals surface area contributed by atoms with Crippen LogP contribution in [0.3, 0.4) is 0 Å². The van der Waals surface area contributed by atoms with Gasteiger partial charge in [-0.05, 0) is 70.6 Å². The molecule has 0 saturated carbocycles. The van der Waals surface area contributed by atoms with Gasteiger partial charge in [-0.15, -0.1) is 0 Å². The molecule has 0 heterocycles. The molecule has 0 N–H and O–H groups in total. The molecule has 6 heteroatoms. The van der Waals surface area contributed by atoms with E-state index in [-0.39, 0.29) is 31.1 Å². The average Bonchev–Trinajstić information content (AvgIpc) is 3.45. The van der Waals surface area contributed by atoms with Crippen molar-refractivity contribution in [1.82, 2.24) is 0 Å². The number of rotatable bonds is 63. The van der Waals surface area contributed by atoms with Crippen LogP contribution in [0.15, 0.2) is 72.9 Å². The maximum atomic E-state index is 12.9. The van der Waals surface area contributed by atoms with Crippen LogP contribution >= 0.6 is 0 Å². The van der Waals surface area contributed by atoms with E-state index >= 15 is 0 Å². The van der Waals surface area contributed by atoms with Gasteiger partial charge in [-0.2, -0.15) is 0 Å². The predicted octanol–water partition coefficient (Wildman–Crippen LogP) is 23.7. The fourth-order valence-corrected chi connectivity index (χ4v) is 10.1. The minimum absolute atomic E-state index is 0.0708. The average molecular weight is 1100 g/mol. The third-order valence-electron chi connectivity index (χ3n) is 15.2. The molecule has 0 fully saturated rings. The summed E-state index contributed by atoms with van der Waals surface area (Å²) in [7, 11) is 0. The van der Waals surface area contributed by atoms with Gasteiger partial charge in [-0.3, -0.25) is 14.4 Å². The third kappa shape index (κ3) is 65.5. The number of allylic oxidation sites excluding steroid dienone is 12. The van der Waals surface area contributed by atoms with Crippen molar-refractivity contribution in [3.8, 4) is 0 Å². The SMILES string of the molecule is CC/C=C\C/C=C\C/C=C\C/C=C\C/C=C\C/C=C\CCCCCCCCCCCCC(=O)OCC(COC(=O)CCCCCCCCCCCCC)OC(=O)CCCCCCCCCCCCCCCCCCCCCCC. The molecule has 79 heavy (non-hydrogen) atoms. The van der Waals surface area contributed by atoms with E-state index in [1.165, 1.54) is 218 Å². The molecule has 458 valence electrons. The Morgan fingerprint density at radius 2 is 0.494 bits per heavy atom. The molecule has 0 spiro atoms. The van der Waals surface area contributed by atoms with E-state index in [1.54, 1.807) is 0 Å². The van der Waals surface area contributed by atoms with Crippen molar-refractivity contribution >= 4 is 17.9 Å². The topological polar surface area (TPSA) is 78.9 Å². The van der Waals surface area contributed by atoms with Crippen molar-refractivity contribution in [2.45, 2.75) is 361 Å². The van der Waals surface area contributed by atoms with E-state index in [4.69, 9.17) is 14.2 Å². The maximum absolute atomic E-state index is 12.9. The zero-order valence-corrected chi connectivity index (χ0v) is 52.6. The van der Waals surface area contributed by atoms with E-state index in [2.05, 4.69) is 93.7 Å². The Morgan fingerprint density at radius 3 is 0.772 bits per heavy atom. The minimum Gasteiger partial charge on any atom is -0.462 e. The van der Waals surface area contributed by atoms with Crippen LogP contribution in [0, 0.1) is 0 Å². The van der Waals surface area contributed by atoms with Gasteiger partial charge >= 0.3 is 17.9 Å². The van der Waals surface area contributed by atoms with Crippen molar-refractivity contribution in [3.05, 3.63) is 72.9 Å². The predicted molar refractivity (Wildman–Crippen MR) is 344 cm³/mol. The smallest absolute Gasteiger partial charge is 0.306 e. The molecule has 0 aromatic rings. The molecular formula is C73H130O6. The summed E-state index contributed by atoms with van der Waals surface area (Å²) in [4.78, 5) is 38.3. The molecule has 0 bridgehead atoms. The van der Waals surface area contributed by atoms with Gasteiger partial charge in [0.15, 0.2) is 6.10 Å². The zero-order chi connectivity index (χ0) is 57.1. The second kappa shape index (κ2) is 67.4. The van der Waals surface area contributed by atoms with Crippen molar-refractivity contribution in [3.63, 3.8) is 0 Å². The summed E-state index contributed by atoms with van der Waals surface area (Å²) >= 11 is 0. The molecule has 0 amide bonds. The Hall–Kier alpha value is -3.15. The lowest BCUT2D eigenvalue weighted by molar-refractivity contribution is -0.167. The minimum atomic E-state index is -0.774. The Kier molecular flexibility index (Phi) is 64.7. The first-order valence-corrected chi connectivity index (χ1v) is 34.4. The first-order chi connectivity index (χ1) is 39.0. The monoisotopic (exact) mass is 1100 g/mol. The van der Waals surface area contributed by atoms with Gasteiger partial charge in [0.25, 0.3) is 0 Å². The van der Waals surface area contributed by atoms with Crippen molar-refractivity contribution in [2.75, 3.05) is 13.2 Å². The van der Waals surface area contributed by atoms with Gasteiger partial charge in [-0.1, -0.05) is 338 Å². The van der Waals surface area contributed by atoms with Gasteiger partial charge < -0.3 is 14.2 Å². The van der Waals surface area contributed by atoms with E-state index in [9.17, 15) is 14.4 Å². The van der Waals surface area contributed by atoms with Crippen molar-refractivity contribution < 1.29 is 28.6 Å². The van der Waals surface area contributed by atoms with Crippen LogP contribution in [-0.2, 0) is 28.6 Å². The second-order valence-corrected chi connectivity index (χ2v) is 23.1. The highest BCUT2D eigenvalue weighted by Crippen LogP contribution is 2.18. The molecule has 0 saturated heterocycles. The summed E-state index contributed by atoms with van der Waals surface area (Å²) in [5, 5.41) is 0. The Balaban J connectivity index is 4.22. The quantitative estimate of drug-likeness (QED) is 0.0261. The number of ether oxygens (including phenoxy) is 3. The standard InChI is InChI=1S/C73H130O6/c1-4-7-10-13-16-19-22-24-26-28-30-32-33-34-35-36-37-38-39-41-42-44-46-48-51-54-57-60-63-66-72(75)78-69-70(68-77-71(74)65-62-59-56-53-50-21-18-15-12-9-6-3)79-73(76)67-64-61-58-55-52-49-47-45-43-40-31-29-27-25-23-20-17-14-11-8-5-2/h7,10,16,19,24,26,30,32,34-35,37-38,70H,4-6,8-9,11-15,17-18,20-23,25,27-29,31,33,36,39-69H2,1-3H3/b10-7-,19-16-,26-24-,32-30-,35-34-,38-37-. The molecule has 0 aliphatic heterocycles. The van der Waals surface area contributed by atoms with Crippen molar-refractivity contribution in [2.24, 2.45) is 0 Å². The number of esters is 3. The molecule has 0 rings (SSSR count). The van der Waals surface area contributed by atoms with Crippen LogP contribution in [0.5, 0.6) is 0 Å². The van der Waals surface area contributed by atoms with Crippen LogP contribution in [0.4, 0.5) is 0 Å². The molecule has 0 aromatic heterocycles. The second-order valence-electron chi connectivity index (χ2n) is 23.1. The van der Waals surface area contributed by atoms with Crippen LogP contribution in [0.1, 0.15) is 355 Å². The first kappa shape index (κ1) is 75.8. The molecule has 0 aromatic carbocycles. The van der Waals surface area contributed by atoms with Gasteiger partial charge in [0.1, 0.15) is 13.2 Å². The van der Waals surface area contributed by atoms with Gasteiger partial charge in [0, 0.05) is 19.3 Å². The Morgan fingerprint density at radius 1 is 0.266 bits per heavy atom. The molecule has 0 aliphatic rings. The molecule has 0 radical (unpaired) electrons. The highest BCUT2D eigenvalue weighted by Gasteiger charge is 2.19.